The largest absolute Gasteiger partial charge is 0.339 e. The van der Waals surface area contributed by atoms with E-state index in [-0.39, 0.29) is 12.3 Å². The standard InChI is InChI=1S/C17H13Cl2NO/c1-11-9-20(16-5-3-2-4-13(11)16)10-17(21)14-7-6-12(18)8-15(14)19/h2-9H,10H2,1H3. The predicted molar refractivity (Wildman–Crippen MR) is 87.5 cm³/mol. The highest BCUT2D eigenvalue weighted by Gasteiger charge is 2.13. The van der Waals surface area contributed by atoms with E-state index < -0.39 is 0 Å². The van der Waals surface area contributed by atoms with Crippen LogP contribution in [0.15, 0.2) is 48.7 Å². The third kappa shape index (κ3) is 2.69. The van der Waals surface area contributed by atoms with Crippen molar-refractivity contribution in [2.24, 2.45) is 0 Å². The van der Waals surface area contributed by atoms with Crippen molar-refractivity contribution in [3.8, 4) is 0 Å². The lowest BCUT2D eigenvalue weighted by Crippen LogP contribution is -2.10. The van der Waals surface area contributed by atoms with E-state index in [1.54, 1.807) is 18.2 Å². The second kappa shape index (κ2) is 5.55. The number of rotatable bonds is 3. The molecule has 3 aromatic rings. The van der Waals surface area contributed by atoms with Crippen LogP contribution in [-0.4, -0.2) is 10.4 Å². The zero-order valence-corrected chi connectivity index (χ0v) is 12.9. The Morgan fingerprint density at radius 3 is 2.67 bits per heavy atom. The summed E-state index contributed by atoms with van der Waals surface area (Å²) in [6.07, 6.45) is 1.99. The number of aryl methyl sites for hydroxylation is 1. The van der Waals surface area contributed by atoms with Crippen molar-refractivity contribution in [3.63, 3.8) is 0 Å². The van der Waals surface area contributed by atoms with Crippen LogP contribution < -0.4 is 0 Å². The van der Waals surface area contributed by atoms with Gasteiger partial charge in [-0.1, -0.05) is 41.4 Å². The summed E-state index contributed by atoms with van der Waals surface area (Å²) in [6, 6.07) is 13.0. The maximum Gasteiger partial charge on any atom is 0.183 e. The van der Waals surface area contributed by atoms with E-state index in [0.717, 1.165) is 16.5 Å². The summed E-state index contributed by atoms with van der Waals surface area (Å²) < 4.78 is 1.96. The molecule has 3 rings (SSSR count). The van der Waals surface area contributed by atoms with Crippen molar-refractivity contribution in [3.05, 3.63) is 69.8 Å². The fourth-order valence-corrected chi connectivity index (χ4v) is 3.03. The van der Waals surface area contributed by atoms with Crippen molar-refractivity contribution < 1.29 is 4.79 Å². The third-order valence-corrected chi connectivity index (χ3v) is 4.08. The van der Waals surface area contributed by atoms with Gasteiger partial charge in [-0.25, -0.2) is 0 Å². The SMILES string of the molecule is Cc1cn(CC(=O)c2ccc(Cl)cc2Cl)c2ccccc12. The summed E-state index contributed by atoms with van der Waals surface area (Å²) >= 11 is 12.0. The summed E-state index contributed by atoms with van der Waals surface area (Å²) in [6.45, 7) is 2.30. The number of hydrogen-bond acceptors (Lipinski definition) is 1. The molecule has 0 bridgehead atoms. The Morgan fingerprint density at radius 2 is 1.90 bits per heavy atom. The van der Waals surface area contributed by atoms with Gasteiger partial charge in [0.25, 0.3) is 0 Å². The molecule has 0 amide bonds. The molecule has 2 aromatic carbocycles. The topological polar surface area (TPSA) is 22.0 Å². The Morgan fingerprint density at radius 1 is 1.14 bits per heavy atom. The first kappa shape index (κ1) is 14.2. The molecular weight excluding hydrogens is 305 g/mol. The Hall–Kier alpha value is -1.77. The third-order valence-electron chi connectivity index (χ3n) is 3.53. The van der Waals surface area contributed by atoms with Gasteiger partial charge in [0.1, 0.15) is 0 Å². The zero-order chi connectivity index (χ0) is 15.0. The molecule has 1 aromatic heterocycles. The van der Waals surface area contributed by atoms with Crippen molar-refractivity contribution in [1.29, 1.82) is 0 Å². The number of benzene rings is 2. The quantitative estimate of drug-likeness (QED) is 0.613. The highest BCUT2D eigenvalue weighted by molar-refractivity contribution is 6.36. The molecule has 0 aliphatic rings. The molecule has 0 spiro atoms. The van der Waals surface area contributed by atoms with Crippen LogP contribution in [0.5, 0.6) is 0 Å². The minimum absolute atomic E-state index is 0.0302. The van der Waals surface area contributed by atoms with Gasteiger partial charge < -0.3 is 4.57 Å². The molecule has 21 heavy (non-hydrogen) atoms. The Kier molecular flexibility index (Phi) is 3.75. The van der Waals surface area contributed by atoms with E-state index in [0.29, 0.717) is 15.6 Å². The normalized spacial score (nSPS) is 11.0. The van der Waals surface area contributed by atoms with E-state index in [1.165, 1.54) is 0 Å². The fraction of sp³-hybridized carbons (Fsp3) is 0.118. The number of Topliss-reactive ketones (excluding diaryl/α,β-unsaturated/α-hetero) is 1. The minimum atomic E-state index is -0.0302. The number of ketones is 1. The van der Waals surface area contributed by atoms with Crippen molar-refractivity contribution in [2.45, 2.75) is 13.5 Å². The van der Waals surface area contributed by atoms with E-state index >= 15 is 0 Å². The van der Waals surface area contributed by atoms with Crippen molar-refractivity contribution >= 4 is 39.9 Å². The molecule has 2 nitrogen and oxygen atoms in total. The molecule has 0 N–H and O–H groups in total. The Labute approximate surface area is 132 Å². The Balaban J connectivity index is 1.97. The number of hydrogen-bond donors (Lipinski definition) is 0. The van der Waals surface area contributed by atoms with E-state index in [4.69, 9.17) is 23.2 Å². The molecule has 0 radical (unpaired) electrons. The van der Waals surface area contributed by atoms with Crippen LogP contribution in [0.2, 0.25) is 10.0 Å². The van der Waals surface area contributed by atoms with Gasteiger partial charge in [-0.3, -0.25) is 4.79 Å². The average Bonchev–Trinajstić information content (AvgIpc) is 2.76. The van der Waals surface area contributed by atoms with Gasteiger partial charge in [0.05, 0.1) is 11.6 Å². The van der Waals surface area contributed by atoms with Gasteiger partial charge in [-0.15, -0.1) is 0 Å². The summed E-state index contributed by atoms with van der Waals surface area (Å²) in [4.78, 5) is 12.5. The monoisotopic (exact) mass is 317 g/mol. The number of carbonyl (C=O) groups is 1. The second-order valence-corrected chi connectivity index (χ2v) is 5.85. The number of fused-ring (bicyclic) bond motifs is 1. The average molecular weight is 318 g/mol. The molecule has 0 aliphatic carbocycles. The van der Waals surface area contributed by atoms with Crippen molar-refractivity contribution in [1.82, 2.24) is 4.57 Å². The molecule has 1 heterocycles. The van der Waals surface area contributed by atoms with E-state index in [9.17, 15) is 4.79 Å². The first-order valence-corrected chi connectivity index (χ1v) is 7.34. The van der Waals surface area contributed by atoms with Gasteiger partial charge in [-0.2, -0.15) is 0 Å². The first-order valence-electron chi connectivity index (χ1n) is 6.59. The number of aromatic nitrogens is 1. The van der Waals surface area contributed by atoms with Gasteiger partial charge in [0.15, 0.2) is 5.78 Å². The molecule has 0 atom stereocenters. The van der Waals surface area contributed by atoms with Crippen molar-refractivity contribution in [2.75, 3.05) is 0 Å². The van der Waals surface area contributed by atoms with E-state index in [2.05, 4.69) is 6.07 Å². The summed E-state index contributed by atoms with van der Waals surface area (Å²) in [7, 11) is 0. The van der Waals surface area contributed by atoms with Crippen LogP contribution in [0.4, 0.5) is 0 Å². The highest BCUT2D eigenvalue weighted by atomic mass is 35.5. The first-order chi connectivity index (χ1) is 10.1. The van der Waals surface area contributed by atoms with Crippen LogP contribution >= 0.6 is 23.2 Å². The molecule has 0 saturated heterocycles. The van der Waals surface area contributed by atoms with E-state index in [1.807, 2.05) is 35.9 Å². The number of para-hydroxylation sites is 1. The van der Waals surface area contributed by atoms with Gasteiger partial charge >= 0.3 is 0 Å². The summed E-state index contributed by atoms with van der Waals surface area (Å²) in [5.41, 5.74) is 2.70. The molecule has 0 unspecified atom stereocenters. The van der Waals surface area contributed by atoms with Crippen LogP contribution in [0.25, 0.3) is 10.9 Å². The number of halogens is 2. The highest BCUT2D eigenvalue weighted by Crippen LogP contribution is 2.24. The Bertz CT molecular complexity index is 836. The minimum Gasteiger partial charge on any atom is -0.339 e. The van der Waals surface area contributed by atoms with Gasteiger partial charge in [-0.05, 0) is 36.8 Å². The maximum atomic E-state index is 12.5. The predicted octanol–water partition coefficient (Wildman–Crippen LogP) is 5.14. The van der Waals surface area contributed by atoms with Crippen LogP contribution in [0.1, 0.15) is 15.9 Å². The molecule has 4 heteroatoms. The fourth-order valence-electron chi connectivity index (χ4n) is 2.52. The number of carbonyl (C=O) groups excluding carboxylic acids is 1. The lowest BCUT2D eigenvalue weighted by molar-refractivity contribution is 0.0974. The van der Waals surface area contributed by atoms with Crippen LogP contribution in [-0.2, 0) is 6.54 Å². The van der Waals surface area contributed by atoms with Gasteiger partial charge in [0.2, 0.25) is 0 Å². The number of nitrogens with zero attached hydrogens (tertiary/aromatic N) is 1. The van der Waals surface area contributed by atoms with Gasteiger partial charge in [0, 0.05) is 27.7 Å². The second-order valence-electron chi connectivity index (χ2n) is 5.00. The lowest BCUT2D eigenvalue weighted by Gasteiger charge is -2.07. The summed E-state index contributed by atoms with van der Waals surface area (Å²) in [5, 5.41) is 2.08. The lowest BCUT2D eigenvalue weighted by atomic mass is 10.1. The maximum absolute atomic E-state index is 12.5. The molecule has 106 valence electrons. The molecule has 0 fully saturated rings. The molecule has 0 aliphatic heterocycles. The molecular formula is C17H13Cl2NO. The zero-order valence-electron chi connectivity index (χ0n) is 11.4. The smallest absolute Gasteiger partial charge is 0.183 e. The van der Waals surface area contributed by atoms with Crippen LogP contribution in [0.3, 0.4) is 0 Å². The van der Waals surface area contributed by atoms with Crippen LogP contribution in [0, 0.1) is 6.92 Å². The molecule has 0 saturated carbocycles. The summed E-state index contributed by atoms with van der Waals surface area (Å²) in [5.74, 6) is -0.0302.